The molecule has 0 bridgehead atoms. The van der Waals surface area contributed by atoms with Crippen molar-refractivity contribution >= 4 is 40.0 Å². The Morgan fingerprint density at radius 1 is 1.09 bits per heavy atom. The molecule has 4 rings (SSSR count). The molecular formula is C22H24BrN7O2. The summed E-state index contributed by atoms with van der Waals surface area (Å²) in [6.45, 7) is 3.34. The summed E-state index contributed by atoms with van der Waals surface area (Å²) < 4.78 is 11.6. The average molecular weight is 498 g/mol. The van der Waals surface area contributed by atoms with Crippen LogP contribution in [-0.4, -0.2) is 54.6 Å². The van der Waals surface area contributed by atoms with E-state index in [0.717, 1.165) is 34.4 Å². The molecule has 1 aromatic heterocycles. The maximum Gasteiger partial charge on any atom is 0.250 e. The number of halogens is 1. The average Bonchev–Trinajstić information content (AvgIpc) is 2.85. The first-order valence-electron chi connectivity index (χ1n) is 10.2. The smallest absolute Gasteiger partial charge is 0.250 e. The predicted octanol–water partition coefficient (Wildman–Crippen LogP) is 3.54. The lowest BCUT2D eigenvalue weighted by atomic mass is 10.2. The number of morpholine rings is 1. The zero-order chi connectivity index (χ0) is 22.2. The molecule has 1 aliphatic rings. The van der Waals surface area contributed by atoms with Gasteiger partial charge in [0, 0.05) is 29.7 Å². The van der Waals surface area contributed by atoms with E-state index in [1.54, 1.807) is 13.3 Å². The van der Waals surface area contributed by atoms with E-state index in [9.17, 15) is 0 Å². The lowest BCUT2D eigenvalue weighted by molar-refractivity contribution is 0.122. The van der Waals surface area contributed by atoms with Crippen LogP contribution >= 0.6 is 15.9 Å². The molecule has 0 amide bonds. The number of benzene rings is 2. The van der Waals surface area contributed by atoms with Crippen molar-refractivity contribution in [1.82, 2.24) is 15.0 Å². The molecule has 0 saturated carbocycles. The van der Waals surface area contributed by atoms with Gasteiger partial charge in [-0.2, -0.15) is 20.1 Å². The van der Waals surface area contributed by atoms with Crippen LogP contribution < -0.4 is 20.4 Å². The Balaban J connectivity index is 1.53. The Morgan fingerprint density at radius 3 is 2.66 bits per heavy atom. The molecule has 166 valence electrons. The van der Waals surface area contributed by atoms with Crippen molar-refractivity contribution < 1.29 is 9.47 Å². The second-order valence-corrected chi connectivity index (χ2v) is 7.83. The molecule has 1 fully saturated rings. The maximum atomic E-state index is 5.45. The predicted molar refractivity (Wildman–Crippen MR) is 129 cm³/mol. The lowest BCUT2D eigenvalue weighted by Crippen LogP contribution is -2.37. The van der Waals surface area contributed by atoms with Crippen LogP contribution in [0.1, 0.15) is 11.1 Å². The topological polar surface area (TPSA) is 96.8 Å². The molecule has 10 heteroatoms. The molecule has 0 unspecified atom stereocenters. The monoisotopic (exact) mass is 497 g/mol. The van der Waals surface area contributed by atoms with Crippen LogP contribution in [0.5, 0.6) is 5.75 Å². The molecule has 1 saturated heterocycles. The minimum atomic E-state index is 0.354. The molecule has 2 N–H and O–H groups in total. The Kier molecular flexibility index (Phi) is 7.47. The van der Waals surface area contributed by atoms with E-state index < -0.39 is 0 Å². The van der Waals surface area contributed by atoms with Gasteiger partial charge >= 0.3 is 0 Å². The van der Waals surface area contributed by atoms with Crippen molar-refractivity contribution in [1.29, 1.82) is 0 Å². The van der Waals surface area contributed by atoms with Gasteiger partial charge in [-0.15, -0.1) is 0 Å². The molecule has 0 atom stereocenters. The number of ether oxygens (including phenoxy) is 2. The molecule has 0 spiro atoms. The van der Waals surface area contributed by atoms with Gasteiger partial charge in [0.2, 0.25) is 17.8 Å². The van der Waals surface area contributed by atoms with Crippen LogP contribution in [0.3, 0.4) is 0 Å². The van der Waals surface area contributed by atoms with Gasteiger partial charge in [0.1, 0.15) is 5.75 Å². The molecule has 0 radical (unpaired) electrons. The van der Waals surface area contributed by atoms with Crippen molar-refractivity contribution in [2.24, 2.45) is 5.10 Å². The molecule has 0 aliphatic carbocycles. The van der Waals surface area contributed by atoms with E-state index in [1.807, 2.05) is 48.5 Å². The van der Waals surface area contributed by atoms with E-state index >= 15 is 0 Å². The standard InChI is InChI=1S/C22H24BrN7O2/c1-31-18-7-8-19(23)17(13-18)15-25-29-21-26-20(24-14-16-5-3-2-4-6-16)27-22(28-21)30-9-11-32-12-10-30/h2-8,13,15H,9-12,14H2,1H3,(H2,24,26,27,28,29). The number of nitrogens with zero attached hydrogens (tertiary/aromatic N) is 5. The SMILES string of the molecule is COc1ccc(Br)c(C=NNc2nc(NCc3ccccc3)nc(N3CCOCC3)n2)c1. The van der Waals surface area contributed by atoms with Crippen molar-refractivity contribution in [2.75, 3.05) is 49.1 Å². The first-order chi connectivity index (χ1) is 15.7. The number of hydrogen-bond donors (Lipinski definition) is 2. The van der Waals surface area contributed by atoms with Crippen LogP contribution in [0.15, 0.2) is 58.1 Å². The molecule has 1 aliphatic heterocycles. The van der Waals surface area contributed by atoms with Gasteiger partial charge < -0.3 is 19.7 Å². The largest absolute Gasteiger partial charge is 0.497 e. The van der Waals surface area contributed by atoms with Gasteiger partial charge in [-0.05, 0) is 23.8 Å². The number of hydrogen-bond acceptors (Lipinski definition) is 9. The number of aromatic nitrogens is 3. The number of methoxy groups -OCH3 is 1. The van der Waals surface area contributed by atoms with Gasteiger partial charge in [0.25, 0.3) is 0 Å². The maximum absolute atomic E-state index is 5.45. The van der Waals surface area contributed by atoms with Gasteiger partial charge in [0.05, 0.1) is 26.5 Å². The van der Waals surface area contributed by atoms with Crippen LogP contribution in [-0.2, 0) is 11.3 Å². The summed E-state index contributed by atoms with van der Waals surface area (Å²) in [5.41, 5.74) is 4.92. The van der Waals surface area contributed by atoms with E-state index in [0.29, 0.717) is 37.6 Å². The summed E-state index contributed by atoms with van der Waals surface area (Å²) in [5.74, 6) is 2.16. The Hall–Kier alpha value is -3.24. The summed E-state index contributed by atoms with van der Waals surface area (Å²) in [4.78, 5) is 15.7. The Bertz CT molecular complexity index is 1060. The molecule has 9 nitrogen and oxygen atoms in total. The molecule has 3 aromatic rings. The number of nitrogens with one attached hydrogen (secondary N) is 2. The fraction of sp³-hybridized carbons (Fsp3) is 0.273. The van der Waals surface area contributed by atoms with Crippen LogP contribution in [0.4, 0.5) is 17.8 Å². The van der Waals surface area contributed by atoms with Crippen molar-refractivity contribution in [3.8, 4) is 5.75 Å². The van der Waals surface area contributed by atoms with Gasteiger partial charge in [-0.25, -0.2) is 5.43 Å². The summed E-state index contributed by atoms with van der Waals surface area (Å²) in [7, 11) is 1.63. The molecule has 2 heterocycles. The third kappa shape index (κ3) is 5.92. The normalized spacial score (nSPS) is 13.9. The summed E-state index contributed by atoms with van der Waals surface area (Å²) in [6, 6.07) is 15.8. The van der Waals surface area contributed by atoms with E-state index in [2.05, 4.69) is 51.6 Å². The highest BCUT2D eigenvalue weighted by molar-refractivity contribution is 9.10. The molecule has 32 heavy (non-hydrogen) atoms. The van der Waals surface area contributed by atoms with E-state index in [-0.39, 0.29) is 0 Å². The minimum absolute atomic E-state index is 0.354. The molecular weight excluding hydrogens is 474 g/mol. The second-order valence-electron chi connectivity index (χ2n) is 6.98. The van der Waals surface area contributed by atoms with Gasteiger partial charge in [0.15, 0.2) is 0 Å². The summed E-state index contributed by atoms with van der Waals surface area (Å²) in [5, 5.41) is 7.59. The van der Waals surface area contributed by atoms with Crippen molar-refractivity contribution in [2.45, 2.75) is 6.54 Å². The third-order valence-electron chi connectivity index (χ3n) is 4.78. The van der Waals surface area contributed by atoms with E-state index in [4.69, 9.17) is 9.47 Å². The highest BCUT2D eigenvalue weighted by Gasteiger charge is 2.16. The zero-order valence-electron chi connectivity index (χ0n) is 17.7. The van der Waals surface area contributed by atoms with Crippen LogP contribution in [0.25, 0.3) is 0 Å². The third-order valence-corrected chi connectivity index (χ3v) is 5.50. The Labute approximate surface area is 195 Å². The highest BCUT2D eigenvalue weighted by Crippen LogP contribution is 2.21. The number of rotatable bonds is 8. The van der Waals surface area contributed by atoms with Gasteiger partial charge in [-0.1, -0.05) is 46.3 Å². The quantitative estimate of drug-likeness (QED) is 0.360. The fourth-order valence-electron chi connectivity index (χ4n) is 3.08. The first-order valence-corrected chi connectivity index (χ1v) is 11.0. The highest BCUT2D eigenvalue weighted by atomic mass is 79.9. The fourth-order valence-corrected chi connectivity index (χ4v) is 3.43. The zero-order valence-corrected chi connectivity index (χ0v) is 19.2. The van der Waals surface area contributed by atoms with Gasteiger partial charge in [-0.3, -0.25) is 0 Å². The minimum Gasteiger partial charge on any atom is -0.497 e. The second kappa shape index (κ2) is 10.9. The van der Waals surface area contributed by atoms with Crippen LogP contribution in [0.2, 0.25) is 0 Å². The summed E-state index contributed by atoms with van der Waals surface area (Å²) in [6.07, 6.45) is 1.68. The molecule has 2 aromatic carbocycles. The lowest BCUT2D eigenvalue weighted by Gasteiger charge is -2.27. The van der Waals surface area contributed by atoms with Crippen molar-refractivity contribution in [3.63, 3.8) is 0 Å². The number of anilines is 3. The van der Waals surface area contributed by atoms with Crippen LogP contribution in [0, 0.1) is 0 Å². The summed E-state index contributed by atoms with van der Waals surface area (Å²) >= 11 is 3.52. The van der Waals surface area contributed by atoms with Crippen molar-refractivity contribution in [3.05, 3.63) is 64.1 Å². The number of hydrazone groups is 1. The Morgan fingerprint density at radius 2 is 1.88 bits per heavy atom. The van der Waals surface area contributed by atoms with E-state index in [1.165, 1.54) is 0 Å². The first kappa shape index (κ1) is 22.0.